The molecule has 2 aromatic carbocycles. The Labute approximate surface area is 166 Å². The number of carbonyl (C=O) groups is 1. The monoisotopic (exact) mass is 367 g/mol. The summed E-state index contributed by atoms with van der Waals surface area (Å²) in [5.74, 6) is 0.306. The van der Waals surface area contributed by atoms with Crippen molar-refractivity contribution < 1.29 is 4.79 Å². The summed E-state index contributed by atoms with van der Waals surface area (Å²) in [4.78, 5) is 15.9. The highest BCUT2D eigenvalue weighted by Crippen LogP contribution is 2.33. The van der Waals surface area contributed by atoms with Gasteiger partial charge in [0.1, 0.15) is 0 Å². The van der Waals surface area contributed by atoms with E-state index in [1.54, 1.807) is 0 Å². The minimum atomic E-state index is -0.379. The van der Waals surface area contributed by atoms with E-state index < -0.39 is 0 Å². The summed E-state index contributed by atoms with van der Waals surface area (Å²) in [5, 5.41) is 2.47. The second kappa shape index (κ2) is 7.39. The van der Waals surface area contributed by atoms with Crippen LogP contribution in [0.4, 0.5) is 0 Å². The van der Waals surface area contributed by atoms with E-state index >= 15 is 0 Å². The van der Waals surface area contributed by atoms with Crippen LogP contribution in [0.1, 0.15) is 67.9 Å². The Hall–Kier alpha value is -1.67. The molecule has 2 heteroatoms. The molecule has 0 fully saturated rings. The SMILES string of the molecule is CC(C)(C)C(=O)[C@H](Cc1ccc2ccccc2c1)N(C(C)(C)C)C(C)(C)C. The molecule has 0 saturated heterocycles. The van der Waals surface area contributed by atoms with E-state index in [0.717, 1.165) is 6.42 Å². The zero-order valence-corrected chi connectivity index (χ0v) is 18.7. The van der Waals surface area contributed by atoms with Gasteiger partial charge in [0.15, 0.2) is 5.78 Å². The van der Waals surface area contributed by atoms with Crippen LogP contribution in [0.15, 0.2) is 42.5 Å². The topological polar surface area (TPSA) is 20.3 Å². The Morgan fingerprint density at radius 3 is 1.81 bits per heavy atom. The lowest BCUT2D eigenvalue weighted by Crippen LogP contribution is -2.62. The summed E-state index contributed by atoms with van der Waals surface area (Å²) in [7, 11) is 0. The summed E-state index contributed by atoms with van der Waals surface area (Å²) in [6, 6.07) is 14.8. The molecule has 0 aliphatic carbocycles. The van der Waals surface area contributed by atoms with Gasteiger partial charge in [-0.05, 0) is 64.3 Å². The third kappa shape index (κ3) is 5.19. The largest absolute Gasteiger partial charge is 0.297 e. The number of rotatable bonds is 4. The normalized spacial score (nSPS) is 14.6. The maximum atomic E-state index is 13.5. The fourth-order valence-electron chi connectivity index (χ4n) is 4.33. The van der Waals surface area contributed by atoms with Gasteiger partial charge in [0.2, 0.25) is 0 Å². The molecule has 27 heavy (non-hydrogen) atoms. The maximum absolute atomic E-state index is 13.5. The predicted octanol–water partition coefficient (Wildman–Crippen LogP) is 6.27. The van der Waals surface area contributed by atoms with Crippen molar-refractivity contribution in [2.45, 2.75) is 85.9 Å². The maximum Gasteiger partial charge on any atom is 0.155 e. The lowest BCUT2D eigenvalue weighted by atomic mass is 9.80. The van der Waals surface area contributed by atoms with Crippen molar-refractivity contribution in [3.8, 4) is 0 Å². The van der Waals surface area contributed by atoms with Crippen molar-refractivity contribution in [1.29, 1.82) is 0 Å². The lowest BCUT2D eigenvalue weighted by molar-refractivity contribution is -0.138. The first-order valence-corrected chi connectivity index (χ1v) is 10.0. The van der Waals surface area contributed by atoms with E-state index in [1.807, 2.05) is 20.8 Å². The minimum absolute atomic E-state index is 0.110. The van der Waals surface area contributed by atoms with Crippen LogP contribution in [0.2, 0.25) is 0 Å². The highest BCUT2D eigenvalue weighted by Gasteiger charge is 2.43. The number of carbonyl (C=O) groups excluding carboxylic acids is 1. The van der Waals surface area contributed by atoms with Crippen molar-refractivity contribution in [3.05, 3.63) is 48.0 Å². The van der Waals surface area contributed by atoms with Crippen molar-refractivity contribution >= 4 is 16.6 Å². The highest BCUT2D eigenvalue weighted by atomic mass is 16.1. The predicted molar refractivity (Wildman–Crippen MR) is 117 cm³/mol. The fraction of sp³-hybridized carbons (Fsp3) is 0.560. The molecule has 0 aliphatic rings. The van der Waals surface area contributed by atoms with Gasteiger partial charge >= 0.3 is 0 Å². The first-order valence-electron chi connectivity index (χ1n) is 10.0. The fourth-order valence-corrected chi connectivity index (χ4v) is 4.33. The number of hydrogen-bond donors (Lipinski definition) is 0. The Morgan fingerprint density at radius 2 is 1.33 bits per heavy atom. The molecular formula is C25H37NO. The number of nitrogens with zero attached hydrogens (tertiary/aromatic N) is 1. The number of ketones is 1. The molecule has 0 bridgehead atoms. The van der Waals surface area contributed by atoms with Gasteiger partial charge in [-0.15, -0.1) is 0 Å². The molecule has 0 spiro atoms. The van der Waals surface area contributed by atoms with Crippen LogP contribution in [0, 0.1) is 5.41 Å². The average Bonchev–Trinajstić information content (AvgIpc) is 2.50. The summed E-state index contributed by atoms with van der Waals surface area (Å²) in [6.07, 6.45) is 0.732. The summed E-state index contributed by atoms with van der Waals surface area (Å²) in [5.41, 5.74) is 0.618. The zero-order chi connectivity index (χ0) is 20.6. The van der Waals surface area contributed by atoms with Crippen LogP contribution >= 0.6 is 0 Å². The molecule has 0 N–H and O–H groups in total. The van der Waals surface area contributed by atoms with Gasteiger partial charge in [0.25, 0.3) is 0 Å². The number of hydrogen-bond acceptors (Lipinski definition) is 2. The van der Waals surface area contributed by atoms with Gasteiger partial charge in [-0.25, -0.2) is 0 Å². The first kappa shape index (κ1) is 21.6. The Bertz CT molecular complexity index is 785. The van der Waals surface area contributed by atoms with E-state index in [4.69, 9.17) is 0 Å². The Morgan fingerprint density at radius 1 is 0.815 bits per heavy atom. The van der Waals surface area contributed by atoms with Crippen LogP contribution < -0.4 is 0 Å². The molecule has 148 valence electrons. The van der Waals surface area contributed by atoms with Crippen LogP contribution in [0.25, 0.3) is 10.8 Å². The van der Waals surface area contributed by atoms with Gasteiger partial charge in [0.05, 0.1) is 6.04 Å². The van der Waals surface area contributed by atoms with Crippen molar-refractivity contribution in [2.24, 2.45) is 5.41 Å². The van der Waals surface area contributed by atoms with Crippen LogP contribution in [0.3, 0.4) is 0 Å². The quantitative estimate of drug-likeness (QED) is 0.635. The second-order valence-electron chi connectivity index (χ2n) is 10.7. The van der Waals surface area contributed by atoms with Gasteiger partial charge in [-0.1, -0.05) is 63.2 Å². The van der Waals surface area contributed by atoms with E-state index in [-0.39, 0.29) is 22.5 Å². The second-order valence-corrected chi connectivity index (χ2v) is 10.7. The molecule has 2 nitrogen and oxygen atoms in total. The Balaban J connectivity index is 2.52. The first-order chi connectivity index (χ1) is 12.2. The number of Topliss-reactive ketones (excluding diaryl/α,β-unsaturated/α-hetero) is 1. The number of fused-ring (bicyclic) bond motifs is 1. The van der Waals surface area contributed by atoms with Gasteiger partial charge < -0.3 is 0 Å². The number of benzene rings is 2. The summed E-state index contributed by atoms with van der Waals surface area (Å²) in [6.45, 7) is 19.4. The van der Waals surface area contributed by atoms with Gasteiger partial charge in [-0.2, -0.15) is 0 Å². The molecule has 0 saturated carbocycles. The van der Waals surface area contributed by atoms with E-state index in [9.17, 15) is 4.79 Å². The van der Waals surface area contributed by atoms with E-state index in [0.29, 0.717) is 5.78 Å². The van der Waals surface area contributed by atoms with E-state index in [1.165, 1.54) is 16.3 Å². The average molecular weight is 368 g/mol. The van der Waals surface area contributed by atoms with E-state index in [2.05, 4.69) is 88.9 Å². The molecule has 2 rings (SSSR count). The third-order valence-electron chi connectivity index (χ3n) is 5.04. The third-order valence-corrected chi connectivity index (χ3v) is 5.04. The van der Waals surface area contributed by atoms with Crippen LogP contribution in [-0.2, 0) is 11.2 Å². The van der Waals surface area contributed by atoms with Crippen molar-refractivity contribution in [2.75, 3.05) is 0 Å². The molecule has 2 aromatic rings. The molecule has 0 radical (unpaired) electrons. The highest BCUT2D eigenvalue weighted by molar-refractivity contribution is 5.89. The lowest BCUT2D eigenvalue weighted by Gasteiger charge is -2.50. The smallest absolute Gasteiger partial charge is 0.155 e. The van der Waals surface area contributed by atoms with Crippen molar-refractivity contribution in [3.63, 3.8) is 0 Å². The molecule has 0 unspecified atom stereocenters. The van der Waals surface area contributed by atoms with Gasteiger partial charge in [-0.3, -0.25) is 9.69 Å². The molecule has 0 amide bonds. The molecule has 0 aromatic heterocycles. The van der Waals surface area contributed by atoms with Gasteiger partial charge in [0, 0.05) is 16.5 Å². The standard InChI is InChI=1S/C25H37NO/c1-23(2,3)22(27)21(26(24(4,5)6)25(7,8)9)17-18-14-15-19-12-10-11-13-20(19)16-18/h10-16,21H,17H2,1-9H3/t21-/m0/s1. The molecule has 0 heterocycles. The van der Waals surface area contributed by atoms with Crippen LogP contribution in [0.5, 0.6) is 0 Å². The van der Waals surface area contributed by atoms with Crippen LogP contribution in [-0.4, -0.2) is 27.8 Å². The Kier molecular flexibility index (Phi) is 5.92. The summed E-state index contributed by atoms with van der Waals surface area (Å²) < 4.78 is 0. The zero-order valence-electron chi connectivity index (χ0n) is 18.7. The molecule has 1 atom stereocenters. The molecular weight excluding hydrogens is 330 g/mol. The molecule has 0 aliphatic heterocycles. The minimum Gasteiger partial charge on any atom is -0.297 e. The summed E-state index contributed by atoms with van der Waals surface area (Å²) >= 11 is 0. The van der Waals surface area contributed by atoms with Crippen molar-refractivity contribution in [1.82, 2.24) is 4.90 Å².